The predicted molar refractivity (Wildman–Crippen MR) is 52.5 cm³/mol. The Bertz CT molecular complexity index is 376. The van der Waals surface area contributed by atoms with Crippen LogP contribution in [0.4, 0.5) is 0 Å². The van der Waals surface area contributed by atoms with Gasteiger partial charge in [0.15, 0.2) is 0 Å². The van der Waals surface area contributed by atoms with Crippen molar-refractivity contribution in [1.82, 2.24) is 9.78 Å². The monoisotopic (exact) mass is 172 g/mol. The summed E-state index contributed by atoms with van der Waals surface area (Å²) in [6.07, 6.45) is 4.93. The molecule has 0 fully saturated rings. The van der Waals surface area contributed by atoms with Crippen LogP contribution >= 0.6 is 0 Å². The van der Waals surface area contributed by atoms with Crippen molar-refractivity contribution in [3.8, 4) is 0 Å². The van der Waals surface area contributed by atoms with E-state index in [4.69, 9.17) is 0 Å². The van der Waals surface area contributed by atoms with Gasteiger partial charge in [-0.05, 0) is 11.1 Å². The summed E-state index contributed by atoms with van der Waals surface area (Å²) in [5.41, 5.74) is 2.59. The van der Waals surface area contributed by atoms with E-state index in [0.29, 0.717) is 0 Å². The molecule has 13 heavy (non-hydrogen) atoms. The van der Waals surface area contributed by atoms with Crippen LogP contribution < -0.4 is 0 Å². The first-order valence-corrected chi connectivity index (χ1v) is 4.36. The average Bonchev–Trinajstić information content (AvgIpc) is 2.53. The summed E-state index contributed by atoms with van der Waals surface area (Å²) in [6.45, 7) is 0. The molecule has 2 aromatic rings. The molecule has 66 valence electrons. The molecule has 0 atom stereocenters. The zero-order chi connectivity index (χ0) is 9.10. The second kappa shape index (κ2) is 3.44. The van der Waals surface area contributed by atoms with Crippen molar-refractivity contribution in [3.05, 3.63) is 53.9 Å². The molecular formula is C11H12N2. The largest absolute Gasteiger partial charge is 0.276 e. The third kappa shape index (κ3) is 1.96. The molecule has 2 rings (SSSR count). The summed E-state index contributed by atoms with van der Waals surface area (Å²) in [7, 11) is 1.94. The van der Waals surface area contributed by atoms with Crippen LogP contribution in [-0.2, 0) is 13.5 Å². The standard InChI is InChI=1S/C11H12N2/c1-13-9-11(8-12-13)7-10-5-3-2-4-6-10/h2-6,8-9H,7H2,1H3. The van der Waals surface area contributed by atoms with Crippen molar-refractivity contribution in [2.24, 2.45) is 7.05 Å². The highest BCUT2D eigenvalue weighted by molar-refractivity contribution is 5.22. The number of benzene rings is 1. The second-order valence-electron chi connectivity index (χ2n) is 3.18. The van der Waals surface area contributed by atoms with Crippen molar-refractivity contribution >= 4 is 0 Å². The minimum absolute atomic E-state index is 0.967. The molecule has 0 aliphatic heterocycles. The topological polar surface area (TPSA) is 17.8 Å². The number of hydrogen-bond acceptors (Lipinski definition) is 1. The number of aryl methyl sites for hydroxylation is 1. The fraction of sp³-hybridized carbons (Fsp3) is 0.182. The molecule has 0 spiro atoms. The summed E-state index contributed by atoms with van der Waals surface area (Å²) in [4.78, 5) is 0. The Kier molecular flexibility index (Phi) is 2.13. The summed E-state index contributed by atoms with van der Waals surface area (Å²) in [5, 5.41) is 4.13. The van der Waals surface area contributed by atoms with E-state index in [0.717, 1.165) is 6.42 Å². The zero-order valence-electron chi connectivity index (χ0n) is 7.64. The maximum absolute atomic E-state index is 4.13. The Balaban J connectivity index is 2.15. The SMILES string of the molecule is Cn1cc(Cc2ccccc2)cn1. The molecule has 1 aromatic carbocycles. The molecule has 0 amide bonds. The highest BCUT2D eigenvalue weighted by atomic mass is 15.2. The van der Waals surface area contributed by atoms with Gasteiger partial charge in [-0.15, -0.1) is 0 Å². The first-order valence-electron chi connectivity index (χ1n) is 4.36. The van der Waals surface area contributed by atoms with Crippen molar-refractivity contribution in [3.63, 3.8) is 0 Å². The predicted octanol–water partition coefficient (Wildman–Crippen LogP) is 2.01. The molecule has 0 saturated heterocycles. The van der Waals surface area contributed by atoms with Gasteiger partial charge >= 0.3 is 0 Å². The van der Waals surface area contributed by atoms with E-state index in [9.17, 15) is 0 Å². The van der Waals surface area contributed by atoms with E-state index in [2.05, 4.69) is 29.4 Å². The summed E-state index contributed by atoms with van der Waals surface area (Å²) < 4.78 is 1.83. The fourth-order valence-corrected chi connectivity index (χ4v) is 1.39. The maximum atomic E-state index is 4.13. The van der Waals surface area contributed by atoms with Crippen LogP contribution in [0.25, 0.3) is 0 Å². The Morgan fingerprint density at radius 2 is 1.92 bits per heavy atom. The van der Waals surface area contributed by atoms with Gasteiger partial charge < -0.3 is 0 Å². The highest BCUT2D eigenvalue weighted by Gasteiger charge is 1.96. The van der Waals surface area contributed by atoms with Crippen molar-refractivity contribution in [1.29, 1.82) is 0 Å². The lowest BCUT2D eigenvalue weighted by atomic mass is 10.1. The maximum Gasteiger partial charge on any atom is 0.0525 e. The molecule has 0 radical (unpaired) electrons. The molecule has 0 unspecified atom stereocenters. The minimum Gasteiger partial charge on any atom is -0.276 e. The number of hydrogen-bond donors (Lipinski definition) is 0. The van der Waals surface area contributed by atoms with Gasteiger partial charge in [0.2, 0.25) is 0 Å². The van der Waals surface area contributed by atoms with E-state index in [1.165, 1.54) is 11.1 Å². The lowest BCUT2D eigenvalue weighted by Gasteiger charge is -1.96. The van der Waals surface area contributed by atoms with Crippen LogP contribution in [0.1, 0.15) is 11.1 Å². The highest BCUT2D eigenvalue weighted by Crippen LogP contribution is 2.07. The Morgan fingerprint density at radius 1 is 1.15 bits per heavy atom. The summed E-state index contributed by atoms with van der Waals surface area (Å²) in [6, 6.07) is 10.4. The third-order valence-electron chi connectivity index (χ3n) is 2.01. The lowest BCUT2D eigenvalue weighted by Crippen LogP contribution is -1.86. The molecule has 0 saturated carbocycles. The second-order valence-corrected chi connectivity index (χ2v) is 3.18. The molecular weight excluding hydrogens is 160 g/mol. The first kappa shape index (κ1) is 8.05. The number of rotatable bonds is 2. The third-order valence-corrected chi connectivity index (χ3v) is 2.01. The fourth-order valence-electron chi connectivity index (χ4n) is 1.39. The van der Waals surface area contributed by atoms with E-state index >= 15 is 0 Å². The molecule has 0 aliphatic rings. The van der Waals surface area contributed by atoms with Gasteiger partial charge in [0.05, 0.1) is 6.20 Å². The molecule has 2 nitrogen and oxygen atoms in total. The van der Waals surface area contributed by atoms with E-state index in [1.807, 2.05) is 30.2 Å². The molecule has 2 heteroatoms. The van der Waals surface area contributed by atoms with Crippen LogP contribution in [0, 0.1) is 0 Å². The Labute approximate surface area is 77.8 Å². The van der Waals surface area contributed by atoms with Gasteiger partial charge in [-0.3, -0.25) is 4.68 Å². The molecule has 0 N–H and O–H groups in total. The number of aromatic nitrogens is 2. The summed E-state index contributed by atoms with van der Waals surface area (Å²) >= 11 is 0. The molecule has 1 heterocycles. The van der Waals surface area contributed by atoms with Gasteiger partial charge in [-0.25, -0.2) is 0 Å². The first-order chi connectivity index (χ1) is 6.34. The van der Waals surface area contributed by atoms with Gasteiger partial charge in [-0.2, -0.15) is 5.10 Å². The van der Waals surface area contributed by atoms with E-state index in [1.54, 1.807) is 0 Å². The average molecular weight is 172 g/mol. The zero-order valence-corrected chi connectivity index (χ0v) is 7.64. The minimum atomic E-state index is 0.967. The van der Waals surface area contributed by atoms with Gasteiger partial charge in [-0.1, -0.05) is 30.3 Å². The van der Waals surface area contributed by atoms with Crippen LogP contribution in [0.2, 0.25) is 0 Å². The van der Waals surface area contributed by atoms with Gasteiger partial charge in [0, 0.05) is 19.7 Å². The quantitative estimate of drug-likeness (QED) is 0.677. The van der Waals surface area contributed by atoms with E-state index < -0.39 is 0 Å². The van der Waals surface area contributed by atoms with Crippen LogP contribution in [-0.4, -0.2) is 9.78 Å². The Morgan fingerprint density at radius 3 is 2.54 bits per heavy atom. The summed E-state index contributed by atoms with van der Waals surface area (Å²) in [5.74, 6) is 0. The normalized spacial score (nSPS) is 10.2. The molecule has 0 aliphatic carbocycles. The van der Waals surface area contributed by atoms with Crippen LogP contribution in [0.15, 0.2) is 42.7 Å². The van der Waals surface area contributed by atoms with Crippen LogP contribution in [0.3, 0.4) is 0 Å². The van der Waals surface area contributed by atoms with E-state index in [-0.39, 0.29) is 0 Å². The van der Waals surface area contributed by atoms with Gasteiger partial charge in [0.1, 0.15) is 0 Å². The molecule has 0 bridgehead atoms. The van der Waals surface area contributed by atoms with Crippen molar-refractivity contribution in [2.45, 2.75) is 6.42 Å². The van der Waals surface area contributed by atoms with Crippen molar-refractivity contribution < 1.29 is 0 Å². The lowest BCUT2D eigenvalue weighted by molar-refractivity contribution is 0.767. The van der Waals surface area contributed by atoms with Gasteiger partial charge in [0.25, 0.3) is 0 Å². The van der Waals surface area contributed by atoms with Crippen molar-refractivity contribution in [2.75, 3.05) is 0 Å². The molecule has 1 aromatic heterocycles. The Hall–Kier alpha value is -1.57. The smallest absolute Gasteiger partial charge is 0.0525 e. The van der Waals surface area contributed by atoms with Crippen LogP contribution in [0.5, 0.6) is 0 Å². The number of nitrogens with zero attached hydrogens (tertiary/aromatic N) is 2.